The molecule has 0 aliphatic rings. The minimum Gasteiger partial charge on any atom is -0.304 e. The van der Waals surface area contributed by atoms with Gasteiger partial charge in [-0.3, -0.25) is 0 Å². The van der Waals surface area contributed by atoms with Crippen molar-refractivity contribution in [3.8, 4) is 6.07 Å². The summed E-state index contributed by atoms with van der Waals surface area (Å²) in [6.07, 6.45) is 2.27. The van der Waals surface area contributed by atoms with Crippen LogP contribution in [0.25, 0.3) is 5.57 Å². The molecule has 0 atom stereocenters. The maximum Gasteiger partial charge on any atom is 0.0991 e. The summed E-state index contributed by atoms with van der Waals surface area (Å²) in [6, 6.07) is 30.8. The van der Waals surface area contributed by atoms with Crippen LogP contribution < -0.4 is 5.32 Å². The molecule has 0 aromatic heterocycles. The van der Waals surface area contributed by atoms with E-state index in [9.17, 15) is 0 Å². The van der Waals surface area contributed by atoms with Gasteiger partial charge in [-0.1, -0.05) is 78.9 Å². The summed E-state index contributed by atoms with van der Waals surface area (Å²) in [5.74, 6) is 0. The number of nitrogens with one attached hydrogen (secondary N) is 1. The lowest BCUT2D eigenvalue weighted by molar-refractivity contribution is 0.475. The summed E-state index contributed by atoms with van der Waals surface area (Å²) >= 11 is 0. The molecule has 134 valence electrons. The molecule has 0 saturated heterocycles. The van der Waals surface area contributed by atoms with Crippen LogP contribution in [0.2, 0.25) is 0 Å². The van der Waals surface area contributed by atoms with E-state index in [-0.39, 0.29) is 5.54 Å². The summed E-state index contributed by atoms with van der Waals surface area (Å²) in [4.78, 5) is 0. The smallest absolute Gasteiger partial charge is 0.0991 e. The van der Waals surface area contributed by atoms with E-state index in [0.717, 1.165) is 23.2 Å². The summed E-state index contributed by atoms with van der Waals surface area (Å²) < 4.78 is 0. The van der Waals surface area contributed by atoms with Gasteiger partial charge in [0.05, 0.1) is 11.6 Å². The average molecular weight is 352 g/mol. The molecule has 0 saturated carbocycles. The van der Waals surface area contributed by atoms with Gasteiger partial charge in [-0.2, -0.15) is 5.26 Å². The van der Waals surface area contributed by atoms with Gasteiger partial charge in [-0.25, -0.2) is 0 Å². The van der Waals surface area contributed by atoms with Gasteiger partial charge in [0.15, 0.2) is 0 Å². The van der Waals surface area contributed by atoms with Crippen molar-refractivity contribution in [2.24, 2.45) is 0 Å². The van der Waals surface area contributed by atoms with E-state index < -0.39 is 0 Å². The Morgan fingerprint density at radius 3 is 2.00 bits per heavy atom. The molecule has 0 fully saturated rings. The number of nitriles is 1. The Bertz CT molecular complexity index is 931. The quantitative estimate of drug-likeness (QED) is 0.630. The normalized spacial score (nSPS) is 11.8. The van der Waals surface area contributed by atoms with Crippen molar-refractivity contribution in [2.75, 3.05) is 0 Å². The maximum absolute atomic E-state index is 9.07. The fourth-order valence-corrected chi connectivity index (χ4v) is 3.01. The molecule has 1 N–H and O–H groups in total. The second-order valence-corrected chi connectivity index (χ2v) is 7.17. The molecule has 0 heterocycles. The second kappa shape index (κ2) is 8.49. The van der Waals surface area contributed by atoms with E-state index in [1.165, 1.54) is 5.56 Å². The minimum absolute atomic E-state index is 0.199. The summed E-state index contributed by atoms with van der Waals surface area (Å²) in [5, 5.41) is 12.7. The first-order valence-corrected chi connectivity index (χ1v) is 9.15. The Morgan fingerprint density at radius 1 is 0.852 bits per heavy atom. The third-order valence-corrected chi connectivity index (χ3v) is 4.51. The third kappa shape index (κ3) is 5.17. The van der Waals surface area contributed by atoms with E-state index >= 15 is 0 Å². The number of nitrogens with zero attached hydrogens (tertiary/aromatic N) is 1. The lowest BCUT2D eigenvalue weighted by atomic mass is 9.91. The topological polar surface area (TPSA) is 35.8 Å². The molecule has 3 aromatic rings. The fourth-order valence-electron chi connectivity index (χ4n) is 3.01. The molecule has 27 heavy (non-hydrogen) atoms. The van der Waals surface area contributed by atoms with Crippen LogP contribution in [-0.4, -0.2) is 5.54 Å². The first-order chi connectivity index (χ1) is 13.1. The fraction of sp³-hybridized carbons (Fsp3) is 0.160. The first-order valence-electron chi connectivity index (χ1n) is 9.15. The number of rotatable bonds is 6. The van der Waals surface area contributed by atoms with Gasteiger partial charge in [0.25, 0.3) is 0 Å². The highest BCUT2D eigenvalue weighted by molar-refractivity contribution is 5.80. The van der Waals surface area contributed by atoms with E-state index in [2.05, 4.69) is 79.8 Å². The van der Waals surface area contributed by atoms with Crippen molar-refractivity contribution in [1.29, 1.82) is 5.26 Å². The van der Waals surface area contributed by atoms with Gasteiger partial charge in [0.2, 0.25) is 0 Å². The SMILES string of the molecule is CC(C)(/C=C(/c1ccccc1)c1ccc(C#N)cc1)NCc1ccccc1. The Balaban J connectivity index is 1.92. The summed E-state index contributed by atoms with van der Waals surface area (Å²) in [6.45, 7) is 5.17. The molecule has 2 nitrogen and oxygen atoms in total. The van der Waals surface area contributed by atoms with Crippen molar-refractivity contribution >= 4 is 5.57 Å². The molecule has 0 radical (unpaired) electrons. The Morgan fingerprint density at radius 2 is 1.41 bits per heavy atom. The summed E-state index contributed by atoms with van der Waals surface area (Å²) in [7, 11) is 0. The van der Waals surface area contributed by atoms with Gasteiger partial charge in [-0.15, -0.1) is 0 Å². The van der Waals surface area contributed by atoms with Crippen LogP contribution in [0.1, 0.15) is 36.1 Å². The highest BCUT2D eigenvalue weighted by Gasteiger charge is 2.17. The zero-order chi connectivity index (χ0) is 19.1. The van der Waals surface area contributed by atoms with Crippen LogP contribution in [0.15, 0.2) is 91.0 Å². The standard InChI is InChI=1S/C25H24N2/c1-25(2,27-19-21-9-5-3-6-10-21)17-24(22-11-7-4-8-12-22)23-15-13-20(18-26)14-16-23/h3-17,27H,19H2,1-2H3/b24-17-. The van der Waals surface area contributed by atoms with Crippen molar-refractivity contribution in [1.82, 2.24) is 5.32 Å². The molecule has 0 aliphatic heterocycles. The average Bonchev–Trinajstić information content (AvgIpc) is 2.72. The molecule has 3 rings (SSSR count). The summed E-state index contributed by atoms with van der Waals surface area (Å²) in [5.41, 5.74) is 5.16. The van der Waals surface area contributed by atoms with Crippen LogP contribution >= 0.6 is 0 Å². The van der Waals surface area contributed by atoms with Gasteiger partial charge in [0, 0.05) is 12.1 Å². The van der Waals surface area contributed by atoms with Crippen LogP contribution in [0, 0.1) is 11.3 Å². The van der Waals surface area contributed by atoms with Gasteiger partial charge in [-0.05, 0) is 48.2 Å². The van der Waals surface area contributed by atoms with Crippen molar-refractivity contribution < 1.29 is 0 Å². The Hall–Kier alpha value is -3.15. The van der Waals surface area contributed by atoms with Crippen LogP contribution in [0.5, 0.6) is 0 Å². The van der Waals surface area contributed by atoms with Crippen molar-refractivity contribution in [3.63, 3.8) is 0 Å². The van der Waals surface area contributed by atoms with E-state index in [1.54, 1.807) is 0 Å². The number of benzene rings is 3. The van der Waals surface area contributed by atoms with Gasteiger partial charge < -0.3 is 5.32 Å². The number of hydrogen-bond acceptors (Lipinski definition) is 2. The highest BCUT2D eigenvalue weighted by atomic mass is 14.9. The zero-order valence-electron chi connectivity index (χ0n) is 15.8. The van der Waals surface area contributed by atoms with E-state index in [4.69, 9.17) is 5.26 Å². The Kier molecular flexibility index (Phi) is 5.86. The predicted octanol–water partition coefficient (Wildman–Crippen LogP) is 5.56. The monoisotopic (exact) mass is 352 g/mol. The lowest BCUT2D eigenvalue weighted by Gasteiger charge is -2.25. The van der Waals surface area contributed by atoms with Gasteiger partial charge in [0.1, 0.15) is 0 Å². The third-order valence-electron chi connectivity index (χ3n) is 4.51. The maximum atomic E-state index is 9.07. The molecule has 0 unspecified atom stereocenters. The van der Waals surface area contributed by atoms with Crippen molar-refractivity contribution in [3.05, 3.63) is 113 Å². The second-order valence-electron chi connectivity index (χ2n) is 7.17. The molecule has 3 aromatic carbocycles. The van der Waals surface area contributed by atoms with Crippen LogP contribution in [-0.2, 0) is 6.54 Å². The van der Waals surface area contributed by atoms with Crippen LogP contribution in [0.3, 0.4) is 0 Å². The largest absolute Gasteiger partial charge is 0.304 e. The molecule has 0 spiro atoms. The van der Waals surface area contributed by atoms with Gasteiger partial charge >= 0.3 is 0 Å². The van der Waals surface area contributed by atoms with E-state index in [0.29, 0.717) is 5.56 Å². The molecular weight excluding hydrogens is 328 g/mol. The van der Waals surface area contributed by atoms with E-state index in [1.807, 2.05) is 36.4 Å². The number of hydrogen-bond donors (Lipinski definition) is 1. The predicted molar refractivity (Wildman–Crippen MR) is 112 cm³/mol. The zero-order valence-corrected chi connectivity index (χ0v) is 15.8. The molecule has 0 amide bonds. The molecule has 0 aliphatic carbocycles. The Labute approximate surface area is 161 Å². The minimum atomic E-state index is -0.199. The molecular formula is C25H24N2. The molecule has 2 heteroatoms. The van der Waals surface area contributed by atoms with Crippen molar-refractivity contribution in [2.45, 2.75) is 25.9 Å². The van der Waals surface area contributed by atoms with Crippen LogP contribution in [0.4, 0.5) is 0 Å². The highest BCUT2D eigenvalue weighted by Crippen LogP contribution is 2.26. The first kappa shape index (κ1) is 18.6. The lowest BCUT2D eigenvalue weighted by Crippen LogP contribution is -2.37. The molecule has 0 bridgehead atoms.